The summed E-state index contributed by atoms with van der Waals surface area (Å²) in [6, 6.07) is 5.10. The van der Waals surface area contributed by atoms with Crippen molar-refractivity contribution >= 4 is 17.6 Å². The van der Waals surface area contributed by atoms with Crippen LogP contribution in [0.15, 0.2) is 30.9 Å². The third-order valence-corrected chi connectivity index (χ3v) is 2.39. The molecule has 0 fully saturated rings. The van der Waals surface area contributed by atoms with Crippen LogP contribution in [0.3, 0.4) is 0 Å². The average molecular weight is 238 g/mol. The molecular formula is C10H8ClN3O2. The van der Waals surface area contributed by atoms with Gasteiger partial charge >= 0.3 is 5.97 Å². The Morgan fingerprint density at radius 2 is 2.06 bits per heavy atom. The highest BCUT2D eigenvalue weighted by atomic mass is 35.5. The number of hydrogen-bond acceptors (Lipinski definition) is 4. The quantitative estimate of drug-likeness (QED) is 0.746. The number of carbonyl (C=O) groups excluding carboxylic acids is 1. The zero-order chi connectivity index (χ0) is 11.5. The minimum atomic E-state index is -0.491. The molecule has 6 heteroatoms. The summed E-state index contributed by atoms with van der Waals surface area (Å²) in [7, 11) is 1.31. The van der Waals surface area contributed by atoms with Crippen molar-refractivity contribution in [2.24, 2.45) is 0 Å². The van der Waals surface area contributed by atoms with Gasteiger partial charge in [0.15, 0.2) is 0 Å². The molecule has 0 spiro atoms. The van der Waals surface area contributed by atoms with Crippen molar-refractivity contribution < 1.29 is 9.53 Å². The van der Waals surface area contributed by atoms with Crippen molar-refractivity contribution in [2.45, 2.75) is 0 Å². The van der Waals surface area contributed by atoms with E-state index in [1.54, 1.807) is 22.8 Å². The van der Waals surface area contributed by atoms with Crippen LogP contribution < -0.4 is 0 Å². The van der Waals surface area contributed by atoms with Crippen LogP contribution in [0.1, 0.15) is 10.4 Å². The molecule has 0 saturated heterocycles. The molecule has 0 atom stereocenters. The molecule has 2 rings (SSSR count). The molecule has 0 radical (unpaired) electrons. The Balaban J connectivity index is 2.62. The summed E-state index contributed by atoms with van der Waals surface area (Å²) in [6.45, 7) is 0. The molecule has 1 aromatic heterocycles. The monoisotopic (exact) mass is 237 g/mol. The molecule has 0 N–H and O–H groups in total. The second-order valence-corrected chi connectivity index (χ2v) is 3.40. The van der Waals surface area contributed by atoms with Gasteiger partial charge < -0.3 is 4.74 Å². The summed E-state index contributed by atoms with van der Waals surface area (Å²) in [5, 5.41) is 7.68. The fourth-order valence-corrected chi connectivity index (χ4v) is 1.60. The summed E-state index contributed by atoms with van der Waals surface area (Å²) in [4.78, 5) is 11.6. The lowest BCUT2D eigenvalue weighted by molar-refractivity contribution is 0.0601. The average Bonchev–Trinajstić information content (AvgIpc) is 2.81. The normalized spacial score (nSPS) is 10.1. The molecule has 0 unspecified atom stereocenters. The van der Waals surface area contributed by atoms with E-state index in [4.69, 9.17) is 11.6 Å². The van der Waals surface area contributed by atoms with Crippen LogP contribution in [-0.4, -0.2) is 27.8 Å². The number of rotatable bonds is 2. The molecule has 0 aliphatic rings. The fourth-order valence-electron chi connectivity index (χ4n) is 1.36. The Kier molecular flexibility index (Phi) is 2.87. The van der Waals surface area contributed by atoms with Gasteiger partial charge in [-0.15, -0.1) is 10.2 Å². The van der Waals surface area contributed by atoms with E-state index in [9.17, 15) is 4.79 Å². The first-order valence-corrected chi connectivity index (χ1v) is 4.83. The number of carbonyl (C=O) groups is 1. The van der Waals surface area contributed by atoms with Gasteiger partial charge in [-0.3, -0.25) is 4.57 Å². The third kappa shape index (κ3) is 1.77. The third-order valence-electron chi connectivity index (χ3n) is 2.08. The summed E-state index contributed by atoms with van der Waals surface area (Å²) < 4.78 is 6.27. The number of hydrogen-bond donors (Lipinski definition) is 0. The maximum Gasteiger partial charge on any atom is 0.341 e. The number of halogens is 1. The SMILES string of the molecule is COC(=O)c1c(Cl)cccc1-n1cnnc1. The van der Waals surface area contributed by atoms with Crippen molar-refractivity contribution in [2.75, 3.05) is 7.11 Å². The van der Waals surface area contributed by atoms with E-state index in [1.807, 2.05) is 0 Å². The Morgan fingerprint density at radius 1 is 1.38 bits per heavy atom. The molecule has 5 nitrogen and oxygen atoms in total. The molecule has 0 saturated carbocycles. The predicted octanol–water partition coefficient (Wildman–Crippen LogP) is 1.71. The maximum absolute atomic E-state index is 11.6. The molecule has 0 aliphatic heterocycles. The van der Waals surface area contributed by atoms with Gasteiger partial charge in [-0.2, -0.15) is 0 Å². The number of nitrogens with zero attached hydrogens (tertiary/aromatic N) is 3. The van der Waals surface area contributed by atoms with Crippen LogP contribution in [0.2, 0.25) is 5.02 Å². The van der Waals surface area contributed by atoms with E-state index in [0.29, 0.717) is 16.3 Å². The number of benzene rings is 1. The van der Waals surface area contributed by atoms with Crippen molar-refractivity contribution in [3.8, 4) is 5.69 Å². The van der Waals surface area contributed by atoms with Gasteiger partial charge in [-0.1, -0.05) is 17.7 Å². The number of methoxy groups -OCH3 is 1. The topological polar surface area (TPSA) is 57.0 Å². The van der Waals surface area contributed by atoms with Gasteiger partial charge in [0.2, 0.25) is 0 Å². The first-order chi connectivity index (χ1) is 7.74. The van der Waals surface area contributed by atoms with Gasteiger partial charge in [-0.05, 0) is 12.1 Å². The molecule has 1 heterocycles. The molecule has 0 aliphatic carbocycles. The summed E-state index contributed by atoms with van der Waals surface area (Å²) in [5.41, 5.74) is 0.885. The van der Waals surface area contributed by atoms with E-state index in [0.717, 1.165) is 0 Å². The first-order valence-electron chi connectivity index (χ1n) is 4.46. The van der Waals surface area contributed by atoms with Gasteiger partial charge in [0.25, 0.3) is 0 Å². The molecule has 2 aromatic rings. The fraction of sp³-hybridized carbons (Fsp3) is 0.100. The number of aromatic nitrogens is 3. The van der Waals surface area contributed by atoms with Gasteiger partial charge in [0, 0.05) is 0 Å². The zero-order valence-corrected chi connectivity index (χ0v) is 9.18. The van der Waals surface area contributed by atoms with Gasteiger partial charge in [-0.25, -0.2) is 4.79 Å². The highest BCUT2D eigenvalue weighted by Crippen LogP contribution is 2.23. The standard InChI is InChI=1S/C10H8ClN3O2/c1-16-10(15)9-7(11)3-2-4-8(9)14-5-12-13-6-14/h2-6H,1H3. The van der Waals surface area contributed by atoms with E-state index in [1.165, 1.54) is 19.8 Å². The smallest absolute Gasteiger partial charge is 0.341 e. The van der Waals surface area contributed by atoms with E-state index >= 15 is 0 Å². The highest BCUT2D eigenvalue weighted by molar-refractivity contribution is 6.34. The number of esters is 1. The van der Waals surface area contributed by atoms with Crippen LogP contribution in [0.5, 0.6) is 0 Å². The van der Waals surface area contributed by atoms with Crippen LogP contribution in [-0.2, 0) is 4.74 Å². The first kappa shape index (κ1) is 10.6. The summed E-state index contributed by atoms with van der Waals surface area (Å²) in [5.74, 6) is -0.491. The Bertz CT molecular complexity index is 511. The zero-order valence-electron chi connectivity index (χ0n) is 8.42. The molecular weight excluding hydrogens is 230 g/mol. The second kappa shape index (κ2) is 4.32. The minimum absolute atomic E-state index is 0.298. The van der Waals surface area contributed by atoms with Crippen molar-refractivity contribution in [1.29, 1.82) is 0 Å². The van der Waals surface area contributed by atoms with Crippen LogP contribution in [0.25, 0.3) is 5.69 Å². The van der Waals surface area contributed by atoms with Crippen molar-refractivity contribution in [3.63, 3.8) is 0 Å². The van der Waals surface area contributed by atoms with E-state index < -0.39 is 5.97 Å². The number of ether oxygens (including phenoxy) is 1. The van der Waals surface area contributed by atoms with Gasteiger partial charge in [0.05, 0.1) is 17.8 Å². The largest absolute Gasteiger partial charge is 0.465 e. The minimum Gasteiger partial charge on any atom is -0.465 e. The molecule has 16 heavy (non-hydrogen) atoms. The van der Waals surface area contributed by atoms with E-state index in [-0.39, 0.29) is 0 Å². The van der Waals surface area contributed by atoms with Crippen LogP contribution in [0.4, 0.5) is 0 Å². The summed E-state index contributed by atoms with van der Waals surface area (Å²) in [6.07, 6.45) is 2.97. The Labute approximate surface area is 96.6 Å². The molecule has 0 bridgehead atoms. The predicted molar refractivity (Wildman–Crippen MR) is 57.7 cm³/mol. The molecule has 0 amide bonds. The van der Waals surface area contributed by atoms with Gasteiger partial charge in [0.1, 0.15) is 18.2 Å². The molecule has 1 aromatic carbocycles. The Hall–Kier alpha value is -1.88. The van der Waals surface area contributed by atoms with Crippen molar-refractivity contribution in [1.82, 2.24) is 14.8 Å². The lowest BCUT2D eigenvalue weighted by Gasteiger charge is -2.09. The van der Waals surface area contributed by atoms with Crippen LogP contribution in [0, 0.1) is 0 Å². The lowest BCUT2D eigenvalue weighted by atomic mass is 10.2. The van der Waals surface area contributed by atoms with Crippen LogP contribution >= 0.6 is 11.6 Å². The molecule has 82 valence electrons. The highest BCUT2D eigenvalue weighted by Gasteiger charge is 2.16. The lowest BCUT2D eigenvalue weighted by Crippen LogP contribution is -2.07. The summed E-state index contributed by atoms with van der Waals surface area (Å²) >= 11 is 5.96. The maximum atomic E-state index is 11.6. The Morgan fingerprint density at radius 3 is 2.69 bits per heavy atom. The second-order valence-electron chi connectivity index (χ2n) is 2.99. The van der Waals surface area contributed by atoms with Crippen molar-refractivity contribution in [3.05, 3.63) is 41.4 Å². The van der Waals surface area contributed by atoms with E-state index in [2.05, 4.69) is 14.9 Å².